The highest BCUT2D eigenvalue weighted by molar-refractivity contribution is 7.07. The summed E-state index contributed by atoms with van der Waals surface area (Å²) in [6.45, 7) is 2.27. The summed E-state index contributed by atoms with van der Waals surface area (Å²) in [7, 11) is 0. The predicted molar refractivity (Wildman–Crippen MR) is 67.7 cm³/mol. The summed E-state index contributed by atoms with van der Waals surface area (Å²) in [5, 5.41) is 4.42. The second-order valence-electron chi connectivity index (χ2n) is 4.23. The molecule has 0 radical (unpaired) electrons. The third-order valence-electron chi connectivity index (χ3n) is 3.14. The molecule has 0 spiro atoms. The minimum atomic E-state index is 0.785. The number of halogens is 1. The zero-order chi connectivity index (χ0) is 10.5. The maximum Gasteiger partial charge on any atom is 0.0244 e. The average Bonchev–Trinajstić information content (AvgIpc) is 2.64. The molecule has 84 valence electrons. The Kier molecular flexibility index (Phi) is 4.48. The van der Waals surface area contributed by atoms with E-state index in [0.717, 1.165) is 31.4 Å². The Morgan fingerprint density at radius 2 is 2.33 bits per heavy atom. The number of hydrogen-bond acceptors (Lipinski definition) is 2. The first-order valence-corrected chi connectivity index (χ1v) is 7.19. The molecule has 1 saturated carbocycles. The lowest BCUT2D eigenvalue weighted by atomic mass is 9.91. The molecule has 2 rings (SSSR count). The molecule has 1 fully saturated rings. The molecule has 0 bridgehead atoms. The number of nitrogens with zero attached hydrogens (tertiary/aromatic N) is 1. The molecule has 15 heavy (non-hydrogen) atoms. The SMILES string of the molecule is ClCCCN(Cc1ccsc1)C1CCC1. The number of thiophene rings is 1. The van der Waals surface area contributed by atoms with Crippen molar-refractivity contribution in [2.75, 3.05) is 12.4 Å². The van der Waals surface area contributed by atoms with Gasteiger partial charge in [0, 0.05) is 18.5 Å². The Balaban J connectivity index is 1.86. The average molecular weight is 244 g/mol. The van der Waals surface area contributed by atoms with Crippen molar-refractivity contribution in [2.45, 2.75) is 38.3 Å². The number of alkyl halides is 1. The van der Waals surface area contributed by atoms with E-state index in [4.69, 9.17) is 11.6 Å². The van der Waals surface area contributed by atoms with Crippen molar-refractivity contribution >= 4 is 22.9 Å². The quantitative estimate of drug-likeness (QED) is 0.689. The highest BCUT2D eigenvalue weighted by Gasteiger charge is 2.24. The molecule has 3 heteroatoms. The van der Waals surface area contributed by atoms with Crippen molar-refractivity contribution in [3.63, 3.8) is 0 Å². The smallest absolute Gasteiger partial charge is 0.0244 e. The highest BCUT2D eigenvalue weighted by atomic mass is 35.5. The fourth-order valence-electron chi connectivity index (χ4n) is 2.02. The Morgan fingerprint density at radius 1 is 1.47 bits per heavy atom. The van der Waals surface area contributed by atoms with Crippen LogP contribution in [-0.4, -0.2) is 23.4 Å². The maximum absolute atomic E-state index is 5.77. The van der Waals surface area contributed by atoms with Crippen LogP contribution in [0.4, 0.5) is 0 Å². The van der Waals surface area contributed by atoms with Gasteiger partial charge in [-0.2, -0.15) is 11.3 Å². The summed E-state index contributed by atoms with van der Waals surface area (Å²) in [5.41, 5.74) is 1.46. The van der Waals surface area contributed by atoms with Crippen molar-refractivity contribution < 1.29 is 0 Å². The van der Waals surface area contributed by atoms with Crippen LogP contribution in [0.1, 0.15) is 31.2 Å². The van der Waals surface area contributed by atoms with E-state index in [1.165, 1.54) is 24.8 Å². The van der Waals surface area contributed by atoms with Crippen LogP contribution in [-0.2, 0) is 6.54 Å². The molecule has 1 heterocycles. The van der Waals surface area contributed by atoms with Crippen LogP contribution in [0.15, 0.2) is 16.8 Å². The molecule has 0 amide bonds. The molecule has 1 aliphatic carbocycles. The van der Waals surface area contributed by atoms with Crippen LogP contribution in [0, 0.1) is 0 Å². The van der Waals surface area contributed by atoms with Crippen LogP contribution in [0.3, 0.4) is 0 Å². The largest absolute Gasteiger partial charge is 0.296 e. The molecular formula is C12H18ClNS. The van der Waals surface area contributed by atoms with E-state index in [1.807, 2.05) is 0 Å². The molecule has 1 nitrogen and oxygen atoms in total. The molecule has 0 aliphatic heterocycles. The Hall–Kier alpha value is -0.0500. The second-order valence-corrected chi connectivity index (χ2v) is 5.39. The van der Waals surface area contributed by atoms with E-state index in [-0.39, 0.29) is 0 Å². The van der Waals surface area contributed by atoms with Crippen LogP contribution in [0.5, 0.6) is 0 Å². The molecular weight excluding hydrogens is 226 g/mol. The van der Waals surface area contributed by atoms with E-state index < -0.39 is 0 Å². The van der Waals surface area contributed by atoms with Gasteiger partial charge in [0.1, 0.15) is 0 Å². The second kappa shape index (κ2) is 5.88. The van der Waals surface area contributed by atoms with Gasteiger partial charge in [0.25, 0.3) is 0 Å². The summed E-state index contributed by atoms with van der Waals surface area (Å²) in [5.74, 6) is 0.785. The van der Waals surface area contributed by atoms with E-state index in [0.29, 0.717) is 0 Å². The van der Waals surface area contributed by atoms with E-state index in [1.54, 1.807) is 11.3 Å². The summed E-state index contributed by atoms with van der Waals surface area (Å²) < 4.78 is 0. The van der Waals surface area contributed by atoms with Crippen LogP contribution in [0.2, 0.25) is 0 Å². The topological polar surface area (TPSA) is 3.24 Å². The summed E-state index contributed by atoms with van der Waals surface area (Å²) >= 11 is 7.56. The first-order chi connectivity index (χ1) is 7.40. The lowest BCUT2D eigenvalue weighted by Crippen LogP contribution is -2.40. The molecule has 1 aliphatic rings. The lowest BCUT2D eigenvalue weighted by molar-refractivity contribution is 0.120. The Morgan fingerprint density at radius 3 is 2.87 bits per heavy atom. The van der Waals surface area contributed by atoms with Gasteiger partial charge in [-0.1, -0.05) is 6.42 Å². The van der Waals surface area contributed by atoms with Gasteiger partial charge in [0.2, 0.25) is 0 Å². The third-order valence-corrected chi connectivity index (χ3v) is 4.14. The third kappa shape index (κ3) is 3.20. The fourth-order valence-corrected chi connectivity index (χ4v) is 2.80. The van der Waals surface area contributed by atoms with Gasteiger partial charge in [0.15, 0.2) is 0 Å². The Labute approximate surface area is 101 Å². The van der Waals surface area contributed by atoms with Gasteiger partial charge in [-0.05, 0) is 48.2 Å². The van der Waals surface area contributed by atoms with Gasteiger partial charge >= 0.3 is 0 Å². The standard InChI is InChI=1S/C12H18ClNS/c13-6-2-7-14(12-3-1-4-12)9-11-5-8-15-10-11/h5,8,10,12H,1-4,6-7,9H2. The van der Waals surface area contributed by atoms with E-state index in [2.05, 4.69) is 21.7 Å². The molecule has 0 atom stereocenters. The van der Waals surface area contributed by atoms with Gasteiger partial charge in [-0.25, -0.2) is 0 Å². The first kappa shape index (κ1) is 11.4. The molecule has 1 aromatic heterocycles. The minimum absolute atomic E-state index is 0.785. The van der Waals surface area contributed by atoms with Crippen molar-refractivity contribution in [3.05, 3.63) is 22.4 Å². The van der Waals surface area contributed by atoms with E-state index in [9.17, 15) is 0 Å². The normalized spacial score (nSPS) is 16.9. The zero-order valence-corrected chi connectivity index (χ0v) is 10.6. The van der Waals surface area contributed by atoms with Gasteiger partial charge in [0.05, 0.1) is 0 Å². The van der Waals surface area contributed by atoms with Crippen LogP contribution < -0.4 is 0 Å². The lowest BCUT2D eigenvalue weighted by Gasteiger charge is -2.37. The van der Waals surface area contributed by atoms with Gasteiger partial charge < -0.3 is 0 Å². The minimum Gasteiger partial charge on any atom is -0.296 e. The fraction of sp³-hybridized carbons (Fsp3) is 0.667. The van der Waals surface area contributed by atoms with Crippen molar-refractivity contribution in [1.29, 1.82) is 0 Å². The number of rotatable bonds is 6. The molecule has 0 saturated heterocycles. The predicted octanol–water partition coefficient (Wildman–Crippen LogP) is 3.73. The van der Waals surface area contributed by atoms with Gasteiger partial charge in [-0.15, -0.1) is 11.6 Å². The summed E-state index contributed by atoms with van der Waals surface area (Å²) in [6.07, 6.45) is 5.28. The summed E-state index contributed by atoms with van der Waals surface area (Å²) in [4.78, 5) is 2.61. The summed E-state index contributed by atoms with van der Waals surface area (Å²) in [6, 6.07) is 3.06. The van der Waals surface area contributed by atoms with Crippen molar-refractivity contribution in [1.82, 2.24) is 4.90 Å². The molecule has 0 N–H and O–H groups in total. The van der Waals surface area contributed by atoms with Gasteiger partial charge in [-0.3, -0.25) is 4.90 Å². The first-order valence-electron chi connectivity index (χ1n) is 5.71. The van der Waals surface area contributed by atoms with Crippen LogP contribution in [0.25, 0.3) is 0 Å². The van der Waals surface area contributed by atoms with Crippen molar-refractivity contribution in [3.8, 4) is 0 Å². The molecule has 1 aromatic rings. The molecule has 0 unspecified atom stereocenters. The van der Waals surface area contributed by atoms with Crippen molar-refractivity contribution in [2.24, 2.45) is 0 Å². The monoisotopic (exact) mass is 243 g/mol. The zero-order valence-electron chi connectivity index (χ0n) is 8.99. The molecule has 0 aromatic carbocycles. The Bertz CT molecular complexity index is 269. The number of hydrogen-bond donors (Lipinski definition) is 0. The maximum atomic E-state index is 5.77. The highest BCUT2D eigenvalue weighted by Crippen LogP contribution is 2.26. The van der Waals surface area contributed by atoms with Crippen LogP contribution >= 0.6 is 22.9 Å². The van der Waals surface area contributed by atoms with E-state index >= 15 is 0 Å².